The Hall–Kier alpha value is -0.570. The number of hydrogen-bond donors (Lipinski definition) is 1. The van der Waals surface area contributed by atoms with Crippen LogP contribution in [0.1, 0.15) is 46.0 Å². The van der Waals surface area contributed by atoms with Gasteiger partial charge in [-0.15, -0.1) is 0 Å². The lowest BCUT2D eigenvalue weighted by Crippen LogP contribution is -2.00. The van der Waals surface area contributed by atoms with Crippen molar-refractivity contribution < 1.29 is 14.6 Å². The molecule has 0 radical (unpaired) electrons. The zero-order chi connectivity index (χ0) is 10.1. The summed E-state index contributed by atoms with van der Waals surface area (Å²) >= 11 is 0. The average molecular weight is 188 g/mol. The molecule has 1 aliphatic heterocycles. The number of rotatable bonds is 1. The van der Waals surface area contributed by atoms with E-state index in [1.54, 1.807) is 6.92 Å². The summed E-state index contributed by atoms with van der Waals surface area (Å²) in [4.78, 5) is 10.5. The van der Waals surface area contributed by atoms with Crippen LogP contribution in [0.25, 0.3) is 0 Å². The number of aliphatic hydroxyl groups excluding tert-OH is 1. The van der Waals surface area contributed by atoms with Gasteiger partial charge < -0.3 is 9.84 Å². The summed E-state index contributed by atoms with van der Waals surface area (Å²) in [5, 5.41) is 8.36. The number of esters is 1. The van der Waals surface area contributed by atoms with Crippen molar-refractivity contribution in [1.82, 2.24) is 0 Å². The van der Waals surface area contributed by atoms with Crippen molar-refractivity contribution in [1.29, 1.82) is 0 Å². The molecule has 78 valence electrons. The fourth-order valence-corrected chi connectivity index (χ4v) is 0.806. The highest BCUT2D eigenvalue weighted by Crippen LogP contribution is 2.06. The third-order valence-corrected chi connectivity index (χ3v) is 1.88. The molecular weight excluding hydrogens is 168 g/mol. The van der Waals surface area contributed by atoms with E-state index in [-0.39, 0.29) is 12.1 Å². The summed E-state index contributed by atoms with van der Waals surface area (Å²) in [6.45, 7) is 4.36. The largest absolute Gasteiger partial charge is 0.466 e. The Bertz CT molecular complexity index is 122. The number of hydrogen-bond acceptors (Lipinski definition) is 3. The summed E-state index contributed by atoms with van der Waals surface area (Å²) in [6.07, 6.45) is 4.58. The molecule has 1 N–H and O–H groups in total. The predicted octanol–water partition coefficient (Wildman–Crippen LogP) is 1.88. The maximum absolute atomic E-state index is 10.5. The first kappa shape index (κ1) is 12.4. The quantitative estimate of drug-likeness (QED) is 0.639. The number of cyclic esters (lactones) is 1. The molecule has 3 heteroatoms. The fraction of sp³-hybridized carbons (Fsp3) is 0.900. The zero-order valence-corrected chi connectivity index (χ0v) is 8.58. The average Bonchev–Trinajstić information content (AvgIpc) is 2.33. The molecule has 0 aromatic carbocycles. The molecule has 0 aliphatic carbocycles. The highest BCUT2D eigenvalue weighted by Gasteiger charge is 2.05. The molecule has 0 amide bonds. The molecule has 1 saturated heterocycles. The molecule has 0 aromatic heterocycles. The van der Waals surface area contributed by atoms with Crippen molar-refractivity contribution in [3.63, 3.8) is 0 Å². The fourth-order valence-electron chi connectivity index (χ4n) is 0.806. The molecule has 13 heavy (non-hydrogen) atoms. The monoisotopic (exact) mass is 188 g/mol. The topological polar surface area (TPSA) is 46.5 Å². The third-order valence-electron chi connectivity index (χ3n) is 1.88. The smallest absolute Gasteiger partial charge is 0.305 e. The van der Waals surface area contributed by atoms with Gasteiger partial charge in [-0.3, -0.25) is 4.79 Å². The van der Waals surface area contributed by atoms with Crippen LogP contribution in [0.15, 0.2) is 0 Å². The second kappa shape index (κ2) is 8.05. The molecule has 1 heterocycles. The van der Waals surface area contributed by atoms with Crippen LogP contribution in [0.3, 0.4) is 0 Å². The summed E-state index contributed by atoms with van der Waals surface area (Å²) < 4.78 is 4.76. The summed E-state index contributed by atoms with van der Waals surface area (Å²) in [7, 11) is 0. The van der Waals surface area contributed by atoms with Crippen molar-refractivity contribution >= 4 is 5.97 Å². The number of aliphatic hydroxyl groups is 1. The lowest BCUT2D eigenvalue weighted by Gasteiger charge is -1.93. The van der Waals surface area contributed by atoms with Crippen LogP contribution in [0.2, 0.25) is 0 Å². The van der Waals surface area contributed by atoms with Crippen molar-refractivity contribution in [2.24, 2.45) is 0 Å². The van der Waals surface area contributed by atoms with Crippen LogP contribution >= 0.6 is 0 Å². The first-order chi connectivity index (χ1) is 6.16. The van der Waals surface area contributed by atoms with Gasteiger partial charge >= 0.3 is 5.97 Å². The van der Waals surface area contributed by atoms with Gasteiger partial charge in [0.25, 0.3) is 0 Å². The predicted molar refractivity (Wildman–Crippen MR) is 51.4 cm³/mol. The van der Waals surface area contributed by atoms with Gasteiger partial charge in [-0.25, -0.2) is 0 Å². The minimum Gasteiger partial charge on any atom is -0.466 e. The molecule has 1 unspecified atom stereocenters. The molecule has 1 fully saturated rings. The second-order valence-electron chi connectivity index (χ2n) is 3.29. The van der Waals surface area contributed by atoms with Crippen LogP contribution in [0.4, 0.5) is 0 Å². The maximum atomic E-state index is 10.5. The van der Waals surface area contributed by atoms with Crippen LogP contribution in [0.5, 0.6) is 0 Å². The molecule has 1 rings (SSSR count). The van der Waals surface area contributed by atoms with E-state index in [2.05, 4.69) is 0 Å². The number of carbonyl (C=O) groups excluding carboxylic acids is 1. The van der Waals surface area contributed by atoms with Crippen LogP contribution in [-0.4, -0.2) is 23.8 Å². The van der Waals surface area contributed by atoms with E-state index >= 15 is 0 Å². The molecular formula is C10H20O3. The molecule has 1 aliphatic rings. The van der Waals surface area contributed by atoms with Crippen LogP contribution in [0, 0.1) is 0 Å². The Morgan fingerprint density at radius 2 is 2.08 bits per heavy atom. The van der Waals surface area contributed by atoms with Crippen LogP contribution < -0.4 is 0 Å². The van der Waals surface area contributed by atoms with Gasteiger partial charge in [0.1, 0.15) is 0 Å². The van der Waals surface area contributed by atoms with Gasteiger partial charge in [-0.2, -0.15) is 0 Å². The second-order valence-corrected chi connectivity index (χ2v) is 3.29. The van der Waals surface area contributed by atoms with Crippen molar-refractivity contribution in [2.45, 2.75) is 52.1 Å². The molecule has 0 spiro atoms. The Balaban J connectivity index is 0.000000252. The normalized spacial score (nSPS) is 19.2. The lowest BCUT2D eigenvalue weighted by atomic mass is 10.2. The summed E-state index contributed by atoms with van der Waals surface area (Å²) in [6, 6.07) is 0. The van der Waals surface area contributed by atoms with Crippen molar-refractivity contribution in [3.8, 4) is 0 Å². The van der Waals surface area contributed by atoms with Gasteiger partial charge in [0.2, 0.25) is 0 Å². The van der Waals surface area contributed by atoms with E-state index in [0.717, 1.165) is 25.7 Å². The van der Waals surface area contributed by atoms with Crippen LogP contribution in [-0.2, 0) is 9.53 Å². The number of carbonyl (C=O) groups is 1. The molecule has 1 atom stereocenters. The Morgan fingerprint density at radius 1 is 1.46 bits per heavy atom. The van der Waals surface area contributed by atoms with Gasteiger partial charge in [0, 0.05) is 6.42 Å². The minimum atomic E-state index is -0.116. The molecule has 0 aromatic rings. The molecule has 0 bridgehead atoms. The highest BCUT2D eigenvalue weighted by atomic mass is 16.5. The minimum absolute atomic E-state index is 0.0255. The summed E-state index contributed by atoms with van der Waals surface area (Å²) in [5.74, 6) is -0.0255. The lowest BCUT2D eigenvalue weighted by molar-refractivity contribution is -0.142. The Labute approximate surface area is 80.1 Å². The van der Waals surface area contributed by atoms with Gasteiger partial charge in [-0.05, 0) is 32.6 Å². The van der Waals surface area contributed by atoms with Gasteiger partial charge in [0.15, 0.2) is 0 Å². The van der Waals surface area contributed by atoms with E-state index in [0.29, 0.717) is 13.0 Å². The molecule has 0 saturated carbocycles. The van der Waals surface area contributed by atoms with E-state index in [1.807, 2.05) is 6.92 Å². The van der Waals surface area contributed by atoms with E-state index in [4.69, 9.17) is 9.84 Å². The first-order valence-electron chi connectivity index (χ1n) is 5.00. The first-order valence-corrected chi connectivity index (χ1v) is 5.00. The van der Waals surface area contributed by atoms with Gasteiger partial charge in [-0.1, -0.05) is 6.92 Å². The standard InChI is InChI=1S/C6H10O2.C4H10O/c7-6-4-2-1-3-5-8-6;1-3-4(2)5/h1-5H2;4-5H,3H2,1-2H3. The number of ether oxygens (including phenoxy) is 1. The maximum Gasteiger partial charge on any atom is 0.305 e. The van der Waals surface area contributed by atoms with Crippen molar-refractivity contribution in [2.75, 3.05) is 6.61 Å². The van der Waals surface area contributed by atoms with E-state index < -0.39 is 0 Å². The zero-order valence-electron chi connectivity index (χ0n) is 8.58. The summed E-state index contributed by atoms with van der Waals surface area (Å²) in [5.41, 5.74) is 0. The van der Waals surface area contributed by atoms with E-state index in [1.165, 1.54) is 0 Å². The SMILES string of the molecule is CCC(C)O.O=C1CCCCCO1. The van der Waals surface area contributed by atoms with E-state index in [9.17, 15) is 4.79 Å². The Morgan fingerprint density at radius 3 is 2.62 bits per heavy atom. The molecule has 3 nitrogen and oxygen atoms in total. The van der Waals surface area contributed by atoms with Gasteiger partial charge in [0.05, 0.1) is 12.7 Å². The van der Waals surface area contributed by atoms with Crippen molar-refractivity contribution in [3.05, 3.63) is 0 Å². The highest BCUT2D eigenvalue weighted by molar-refractivity contribution is 5.69. The Kier molecular flexibility index (Phi) is 7.69. The third kappa shape index (κ3) is 9.34.